The molecule has 0 unspecified atom stereocenters. The second-order valence-corrected chi connectivity index (χ2v) is 7.55. The second-order valence-electron chi connectivity index (χ2n) is 4.64. The highest BCUT2D eigenvalue weighted by Crippen LogP contribution is 2.32. The first-order valence-electron chi connectivity index (χ1n) is 6.45. The predicted octanol–water partition coefficient (Wildman–Crippen LogP) is 3.22. The van der Waals surface area contributed by atoms with Crippen LogP contribution in [0.2, 0.25) is 0 Å². The molecule has 6 nitrogen and oxygen atoms in total. The molecule has 0 bridgehead atoms. The normalized spacial score (nSPS) is 11.5. The van der Waals surface area contributed by atoms with Crippen molar-refractivity contribution in [2.24, 2.45) is 0 Å². The minimum Gasteiger partial charge on any atom is -0.339 e. The number of aryl methyl sites for hydroxylation is 2. The molecular weight excluding hydrogens is 322 g/mol. The summed E-state index contributed by atoms with van der Waals surface area (Å²) in [4.78, 5) is 5.66. The number of benzene rings is 1. The van der Waals surface area contributed by atoms with E-state index in [1.165, 1.54) is 11.3 Å². The quantitative estimate of drug-likeness (QED) is 0.791. The lowest BCUT2D eigenvalue weighted by Crippen LogP contribution is -2.12. The van der Waals surface area contributed by atoms with Crippen LogP contribution in [-0.2, 0) is 10.0 Å². The maximum Gasteiger partial charge on any atom is 0.263 e. The molecule has 3 rings (SSSR count). The van der Waals surface area contributed by atoms with E-state index in [1.54, 1.807) is 44.2 Å². The number of thiophene rings is 1. The monoisotopic (exact) mass is 335 g/mol. The van der Waals surface area contributed by atoms with Gasteiger partial charge in [-0.1, -0.05) is 23.4 Å². The van der Waals surface area contributed by atoms with Crippen LogP contribution < -0.4 is 4.72 Å². The molecule has 0 aliphatic carbocycles. The van der Waals surface area contributed by atoms with Crippen LogP contribution in [0.4, 0.5) is 5.69 Å². The molecule has 0 aliphatic heterocycles. The average Bonchev–Trinajstić information content (AvgIpc) is 3.06. The van der Waals surface area contributed by atoms with Gasteiger partial charge in [-0.2, -0.15) is 4.98 Å². The van der Waals surface area contributed by atoms with Crippen molar-refractivity contribution in [3.63, 3.8) is 0 Å². The maximum atomic E-state index is 12.5. The van der Waals surface area contributed by atoms with E-state index in [4.69, 9.17) is 4.52 Å². The molecule has 0 amide bonds. The lowest BCUT2D eigenvalue weighted by atomic mass is 10.3. The van der Waals surface area contributed by atoms with Gasteiger partial charge in [-0.05, 0) is 25.1 Å². The summed E-state index contributed by atoms with van der Waals surface area (Å²) in [6, 6.07) is 10.3. The maximum absolute atomic E-state index is 12.5. The van der Waals surface area contributed by atoms with Crippen molar-refractivity contribution in [3.8, 4) is 10.7 Å². The number of rotatable bonds is 4. The summed E-state index contributed by atoms with van der Waals surface area (Å²) in [5, 5.41) is 3.82. The van der Waals surface area contributed by atoms with Gasteiger partial charge in [-0.15, -0.1) is 11.3 Å². The minimum absolute atomic E-state index is 0.221. The summed E-state index contributed by atoms with van der Waals surface area (Å²) in [7, 11) is -3.65. The number of aromatic nitrogens is 2. The minimum atomic E-state index is -3.65. The molecule has 22 heavy (non-hydrogen) atoms. The van der Waals surface area contributed by atoms with Crippen LogP contribution in [-0.4, -0.2) is 18.6 Å². The molecule has 3 aromatic rings. The molecule has 0 saturated heterocycles. The highest BCUT2D eigenvalue weighted by Gasteiger charge is 2.22. The molecule has 0 fully saturated rings. The Morgan fingerprint density at radius 3 is 2.55 bits per heavy atom. The molecule has 0 atom stereocenters. The van der Waals surface area contributed by atoms with Gasteiger partial charge in [0.25, 0.3) is 10.0 Å². The van der Waals surface area contributed by atoms with Gasteiger partial charge in [0.15, 0.2) is 0 Å². The van der Waals surface area contributed by atoms with Crippen LogP contribution in [0.5, 0.6) is 0 Å². The highest BCUT2D eigenvalue weighted by molar-refractivity contribution is 7.93. The zero-order valence-corrected chi connectivity index (χ0v) is 13.5. The Kier molecular flexibility index (Phi) is 3.71. The van der Waals surface area contributed by atoms with E-state index in [2.05, 4.69) is 14.9 Å². The summed E-state index contributed by atoms with van der Waals surface area (Å²) < 4.78 is 32.5. The van der Waals surface area contributed by atoms with Crippen molar-refractivity contribution in [3.05, 3.63) is 47.2 Å². The number of anilines is 1. The molecular formula is C14H13N3O3S2. The van der Waals surface area contributed by atoms with Crippen LogP contribution in [0.3, 0.4) is 0 Å². The topological polar surface area (TPSA) is 85.1 Å². The molecule has 0 spiro atoms. The Hall–Kier alpha value is -2.19. The van der Waals surface area contributed by atoms with E-state index in [-0.39, 0.29) is 4.90 Å². The number of hydrogen-bond donors (Lipinski definition) is 1. The summed E-state index contributed by atoms with van der Waals surface area (Å²) in [6.07, 6.45) is 0. The molecule has 0 radical (unpaired) electrons. The van der Waals surface area contributed by atoms with Crippen LogP contribution in [0.25, 0.3) is 10.7 Å². The van der Waals surface area contributed by atoms with Gasteiger partial charge >= 0.3 is 0 Å². The largest absolute Gasteiger partial charge is 0.339 e. The van der Waals surface area contributed by atoms with Gasteiger partial charge in [-0.25, -0.2) is 8.42 Å². The Balaban J connectivity index is 1.96. The van der Waals surface area contributed by atoms with E-state index in [1.807, 2.05) is 6.07 Å². The number of nitrogens with one attached hydrogen (secondary N) is 1. The molecule has 2 aromatic heterocycles. The van der Waals surface area contributed by atoms with E-state index in [0.29, 0.717) is 27.2 Å². The van der Waals surface area contributed by atoms with Gasteiger partial charge in [-0.3, -0.25) is 4.72 Å². The van der Waals surface area contributed by atoms with E-state index < -0.39 is 10.0 Å². The summed E-state index contributed by atoms with van der Waals surface area (Å²) in [6.45, 7) is 3.44. The van der Waals surface area contributed by atoms with Crippen molar-refractivity contribution in [2.45, 2.75) is 18.7 Å². The van der Waals surface area contributed by atoms with E-state index in [0.717, 1.165) is 0 Å². The average molecular weight is 335 g/mol. The van der Waals surface area contributed by atoms with Gasteiger partial charge in [0.1, 0.15) is 4.90 Å². The summed E-state index contributed by atoms with van der Waals surface area (Å²) in [5.74, 6) is 0.833. The van der Waals surface area contributed by atoms with Crippen LogP contribution in [0.1, 0.15) is 10.8 Å². The number of sulfonamides is 1. The first-order valence-corrected chi connectivity index (χ1v) is 8.75. The third-order valence-electron chi connectivity index (χ3n) is 2.94. The number of nitrogens with zero attached hydrogens (tertiary/aromatic N) is 2. The SMILES string of the molecule is Cc1nc(-c2cc(S(=O)(=O)Nc3ccccc3)c(C)s2)no1. The highest BCUT2D eigenvalue weighted by atomic mass is 32.2. The predicted molar refractivity (Wildman–Crippen MR) is 84.3 cm³/mol. The molecule has 1 aromatic carbocycles. The first kappa shape index (κ1) is 14.7. The van der Waals surface area contributed by atoms with E-state index >= 15 is 0 Å². The molecule has 0 aliphatic rings. The zero-order valence-electron chi connectivity index (χ0n) is 11.9. The van der Waals surface area contributed by atoms with Crippen LogP contribution in [0.15, 0.2) is 45.8 Å². The van der Waals surface area contributed by atoms with Crippen LogP contribution >= 0.6 is 11.3 Å². The van der Waals surface area contributed by atoms with Gasteiger partial charge in [0.2, 0.25) is 11.7 Å². The van der Waals surface area contributed by atoms with Crippen LogP contribution in [0, 0.1) is 13.8 Å². The fraction of sp³-hybridized carbons (Fsp3) is 0.143. The zero-order chi connectivity index (χ0) is 15.7. The van der Waals surface area contributed by atoms with Crippen molar-refractivity contribution in [1.29, 1.82) is 0 Å². The lowest BCUT2D eigenvalue weighted by Gasteiger charge is -2.06. The molecule has 0 saturated carbocycles. The molecule has 2 heterocycles. The van der Waals surface area contributed by atoms with Crippen molar-refractivity contribution < 1.29 is 12.9 Å². The van der Waals surface area contributed by atoms with Crippen molar-refractivity contribution in [1.82, 2.24) is 10.1 Å². The van der Waals surface area contributed by atoms with Gasteiger partial charge in [0.05, 0.1) is 4.88 Å². The fourth-order valence-corrected chi connectivity index (χ4v) is 4.53. The second kappa shape index (κ2) is 5.54. The number of para-hydroxylation sites is 1. The Morgan fingerprint density at radius 2 is 1.91 bits per heavy atom. The number of hydrogen-bond acceptors (Lipinski definition) is 6. The third-order valence-corrected chi connectivity index (χ3v) is 5.62. The summed E-state index contributed by atoms with van der Waals surface area (Å²) in [5.41, 5.74) is 0.519. The van der Waals surface area contributed by atoms with Crippen molar-refractivity contribution >= 4 is 27.0 Å². The molecule has 114 valence electrons. The molecule has 8 heteroatoms. The molecule has 1 N–H and O–H groups in total. The third kappa shape index (κ3) is 2.88. The smallest absolute Gasteiger partial charge is 0.263 e. The van der Waals surface area contributed by atoms with Crippen molar-refractivity contribution in [2.75, 3.05) is 4.72 Å². The Labute approximate surface area is 131 Å². The Bertz CT molecular complexity index is 899. The first-order chi connectivity index (χ1) is 10.5. The lowest BCUT2D eigenvalue weighted by molar-refractivity contribution is 0.394. The Morgan fingerprint density at radius 1 is 1.18 bits per heavy atom. The fourth-order valence-electron chi connectivity index (χ4n) is 1.96. The van der Waals surface area contributed by atoms with Gasteiger partial charge in [0, 0.05) is 17.5 Å². The van der Waals surface area contributed by atoms with E-state index in [9.17, 15) is 8.42 Å². The summed E-state index contributed by atoms with van der Waals surface area (Å²) >= 11 is 1.31. The standard InChI is InChI=1S/C14H13N3O3S2/c1-9-13(8-12(21-9)14-15-10(2)20-16-14)22(18,19)17-11-6-4-3-5-7-11/h3-8,17H,1-2H3. The van der Waals surface area contributed by atoms with Gasteiger partial charge < -0.3 is 4.52 Å².